The van der Waals surface area contributed by atoms with E-state index in [-0.39, 0.29) is 25.8 Å². The van der Waals surface area contributed by atoms with Gasteiger partial charge in [-0.1, -0.05) is 6.42 Å². The van der Waals surface area contributed by atoms with Crippen LogP contribution in [-0.4, -0.2) is 102 Å². The molecule has 14 nitrogen and oxygen atoms in total. The number of unbranched alkanes of at least 4 members (excludes halogenated alkanes) is 1. The first-order valence-corrected chi connectivity index (χ1v) is 7.89. The number of aliphatic carboxylic acids is 5. The molecule has 0 amide bonds. The van der Waals surface area contributed by atoms with Crippen molar-refractivity contribution in [2.45, 2.75) is 49.6 Å². The molecule has 0 saturated heterocycles. The highest BCUT2D eigenvalue weighted by Gasteiger charge is 2.35. The molecule has 5 atom stereocenters. The van der Waals surface area contributed by atoms with E-state index in [0.29, 0.717) is 0 Å². The average Bonchev–Trinajstić information content (AvgIpc) is 2.58. The fourth-order valence-corrected chi connectivity index (χ4v) is 2.14. The van der Waals surface area contributed by atoms with Gasteiger partial charge in [0.2, 0.25) is 0 Å². The van der Waals surface area contributed by atoms with Crippen LogP contribution in [0.25, 0.3) is 0 Å². The summed E-state index contributed by atoms with van der Waals surface area (Å²) in [7, 11) is 0. The van der Waals surface area contributed by atoms with E-state index in [1.54, 1.807) is 0 Å². The van der Waals surface area contributed by atoms with Crippen molar-refractivity contribution in [2.24, 2.45) is 0 Å². The van der Waals surface area contributed by atoms with Gasteiger partial charge in [0.1, 0.15) is 18.1 Å². The lowest BCUT2D eigenvalue weighted by atomic mass is 10.1. The van der Waals surface area contributed by atoms with Crippen molar-refractivity contribution in [3.05, 3.63) is 0 Å². The molecule has 0 aromatic heterocycles. The number of hydrogen-bond donors (Lipinski definition) is 9. The molecule has 0 aromatic rings. The molecule has 0 aliphatic rings. The van der Waals surface area contributed by atoms with Crippen LogP contribution in [0.4, 0.5) is 0 Å². The lowest BCUT2D eigenvalue weighted by molar-refractivity contribution is -0.157. The summed E-state index contributed by atoms with van der Waals surface area (Å²) >= 11 is 0. The maximum atomic E-state index is 11.2. The Morgan fingerprint density at radius 3 is 1.50 bits per heavy atom. The summed E-state index contributed by atoms with van der Waals surface area (Å²) in [4.78, 5) is 54.5. The standard InChI is InChI=1S/C14H22N2O12/c17-8(13(25)26)6(11(21)22)15-4-2-1-3-5(10(19)20)16-7(12(23)24)9(18)14(27)28/h5-9,15-18H,1-4H2,(H,19,20)(H,21,22)(H,23,24)(H,25,26)(H,27,28)/t5-,6?,7?,8?,9?/m0/s1. The first-order chi connectivity index (χ1) is 12.9. The van der Waals surface area contributed by atoms with Crippen molar-refractivity contribution >= 4 is 29.8 Å². The van der Waals surface area contributed by atoms with Crippen molar-refractivity contribution < 1.29 is 59.7 Å². The molecular weight excluding hydrogens is 388 g/mol. The van der Waals surface area contributed by atoms with Gasteiger partial charge in [0.05, 0.1) is 0 Å². The fraction of sp³-hybridized carbons (Fsp3) is 0.643. The maximum Gasteiger partial charge on any atom is 0.334 e. The minimum atomic E-state index is -2.38. The van der Waals surface area contributed by atoms with E-state index in [4.69, 9.17) is 25.5 Å². The van der Waals surface area contributed by atoms with Crippen LogP contribution in [0.5, 0.6) is 0 Å². The summed E-state index contributed by atoms with van der Waals surface area (Å²) < 4.78 is 0. The second kappa shape index (κ2) is 11.8. The molecule has 0 spiro atoms. The Bertz CT molecular complexity index is 595. The molecule has 0 bridgehead atoms. The molecule has 0 heterocycles. The van der Waals surface area contributed by atoms with Crippen LogP contribution in [0.1, 0.15) is 19.3 Å². The zero-order valence-electron chi connectivity index (χ0n) is 14.4. The molecule has 0 fully saturated rings. The van der Waals surface area contributed by atoms with Crippen LogP contribution in [0.15, 0.2) is 0 Å². The minimum Gasteiger partial charge on any atom is -0.480 e. The number of carboxylic acids is 5. The predicted octanol–water partition coefficient (Wildman–Crippen LogP) is -3.41. The molecule has 0 aliphatic heterocycles. The van der Waals surface area contributed by atoms with Gasteiger partial charge >= 0.3 is 29.8 Å². The van der Waals surface area contributed by atoms with Crippen LogP contribution in [0, 0.1) is 0 Å². The first kappa shape index (κ1) is 25.2. The van der Waals surface area contributed by atoms with Gasteiger partial charge in [-0.15, -0.1) is 0 Å². The van der Waals surface area contributed by atoms with Crippen molar-refractivity contribution in [3.8, 4) is 0 Å². The van der Waals surface area contributed by atoms with E-state index in [0.717, 1.165) is 0 Å². The molecule has 14 heteroatoms. The smallest absolute Gasteiger partial charge is 0.334 e. The van der Waals surface area contributed by atoms with Crippen LogP contribution in [0.2, 0.25) is 0 Å². The number of aliphatic hydroxyl groups is 2. The Morgan fingerprint density at radius 1 is 0.643 bits per heavy atom. The summed E-state index contributed by atoms with van der Waals surface area (Å²) in [6.07, 6.45) is -4.57. The summed E-state index contributed by atoms with van der Waals surface area (Å²) in [5, 5.41) is 67.1. The van der Waals surface area contributed by atoms with Crippen LogP contribution in [-0.2, 0) is 24.0 Å². The van der Waals surface area contributed by atoms with Gasteiger partial charge in [-0.25, -0.2) is 9.59 Å². The molecule has 0 saturated carbocycles. The molecule has 9 N–H and O–H groups in total. The third-order valence-corrected chi connectivity index (χ3v) is 3.63. The van der Waals surface area contributed by atoms with Gasteiger partial charge in [-0.2, -0.15) is 0 Å². The van der Waals surface area contributed by atoms with E-state index in [1.165, 1.54) is 0 Å². The number of aliphatic hydroxyl groups excluding tert-OH is 2. The quantitative estimate of drug-likeness (QED) is 0.119. The molecule has 0 aromatic carbocycles. The molecular formula is C14H22N2O12. The highest BCUT2D eigenvalue weighted by molar-refractivity contribution is 5.85. The van der Waals surface area contributed by atoms with Gasteiger partial charge in [-0.3, -0.25) is 19.7 Å². The Kier molecular flexibility index (Phi) is 10.6. The van der Waals surface area contributed by atoms with Gasteiger partial charge in [0, 0.05) is 0 Å². The summed E-state index contributed by atoms with van der Waals surface area (Å²) in [6.45, 7) is -0.103. The zero-order valence-corrected chi connectivity index (χ0v) is 14.4. The highest BCUT2D eigenvalue weighted by Crippen LogP contribution is 2.06. The van der Waals surface area contributed by atoms with E-state index in [9.17, 15) is 34.2 Å². The van der Waals surface area contributed by atoms with E-state index in [2.05, 4.69) is 5.32 Å². The van der Waals surface area contributed by atoms with Crippen LogP contribution in [0.3, 0.4) is 0 Å². The monoisotopic (exact) mass is 410 g/mol. The predicted molar refractivity (Wildman–Crippen MR) is 86.5 cm³/mol. The van der Waals surface area contributed by atoms with Crippen LogP contribution >= 0.6 is 0 Å². The topological polar surface area (TPSA) is 251 Å². The third-order valence-electron chi connectivity index (χ3n) is 3.63. The summed E-state index contributed by atoms with van der Waals surface area (Å²) in [6, 6.07) is -5.37. The zero-order chi connectivity index (χ0) is 22.0. The Morgan fingerprint density at radius 2 is 1.11 bits per heavy atom. The number of rotatable bonds is 15. The number of carboxylic acid groups (broad SMARTS) is 5. The van der Waals surface area contributed by atoms with Gasteiger partial charge in [-0.05, 0) is 19.4 Å². The normalized spacial score (nSPS) is 16.4. The third kappa shape index (κ3) is 8.26. The minimum absolute atomic E-state index is 0.0853. The Hall–Kier alpha value is -2.81. The molecule has 0 aliphatic carbocycles. The van der Waals surface area contributed by atoms with Crippen molar-refractivity contribution in [1.82, 2.24) is 10.6 Å². The highest BCUT2D eigenvalue weighted by atomic mass is 16.4. The van der Waals surface area contributed by atoms with Crippen molar-refractivity contribution in [1.29, 1.82) is 0 Å². The molecule has 0 radical (unpaired) electrons. The SMILES string of the molecule is O=C(O)C(O)C(NCCCC[C@H](NC(C(=O)O)C(O)C(=O)O)C(=O)O)C(=O)O. The summed E-state index contributed by atoms with van der Waals surface area (Å²) in [5.41, 5.74) is 0. The lowest BCUT2D eigenvalue weighted by Crippen LogP contribution is -2.55. The van der Waals surface area contributed by atoms with Crippen molar-refractivity contribution in [3.63, 3.8) is 0 Å². The number of carbonyl (C=O) groups is 5. The van der Waals surface area contributed by atoms with Gasteiger partial charge in [0.15, 0.2) is 12.2 Å². The molecule has 4 unspecified atom stereocenters. The average molecular weight is 410 g/mol. The van der Waals surface area contributed by atoms with Gasteiger partial charge < -0.3 is 41.1 Å². The fourth-order valence-electron chi connectivity index (χ4n) is 2.14. The Labute approximate surface area is 157 Å². The van der Waals surface area contributed by atoms with E-state index < -0.39 is 60.2 Å². The van der Waals surface area contributed by atoms with E-state index >= 15 is 0 Å². The van der Waals surface area contributed by atoms with Crippen molar-refractivity contribution in [2.75, 3.05) is 6.54 Å². The lowest BCUT2D eigenvalue weighted by Gasteiger charge is -2.22. The van der Waals surface area contributed by atoms with Crippen LogP contribution < -0.4 is 10.6 Å². The molecule has 0 rings (SSSR count). The molecule has 28 heavy (non-hydrogen) atoms. The second-order valence-electron chi connectivity index (χ2n) is 5.71. The Balaban J connectivity index is 4.67. The van der Waals surface area contributed by atoms with E-state index in [1.807, 2.05) is 5.32 Å². The van der Waals surface area contributed by atoms with Gasteiger partial charge in [0.25, 0.3) is 0 Å². The second-order valence-corrected chi connectivity index (χ2v) is 5.71. The summed E-state index contributed by atoms with van der Waals surface area (Å²) in [5.74, 6) is -8.47. The largest absolute Gasteiger partial charge is 0.480 e. The number of nitrogens with one attached hydrogen (secondary N) is 2. The number of hydrogen-bond acceptors (Lipinski definition) is 9. The first-order valence-electron chi connectivity index (χ1n) is 7.89. The maximum absolute atomic E-state index is 11.2. The molecule has 160 valence electrons.